The van der Waals surface area contributed by atoms with Gasteiger partial charge in [-0.25, -0.2) is 4.39 Å². The molecule has 0 amide bonds. The summed E-state index contributed by atoms with van der Waals surface area (Å²) in [5, 5.41) is 0. The first kappa shape index (κ1) is 12.8. The molecule has 0 bridgehead atoms. The van der Waals surface area contributed by atoms with Gasteiger partial charge in [0, 0.05) is 6.07 Å². The Labute approximate surface area is 89.8 Å². The monoisotopic (exact) mass is 238 g/mol. The van der Waals surface area contributed by atoms with E-state index in [9.17, 15) is 17.6 Å². The fourth-order valence-electron chi connectivity index (χ4n) is 0.992. The number of halogens is 4. The van der Waals surface area contributed by atoms with E-state index in [2.05, 4.69) is 4.74 Å². The van der Waals surface area contributed by atoms with Crippen LogP contribution in [0.15, 0.2) is 18.2 Å². The summed E-state index contributed by atoms with van der Waals surface area (Å²) in [4.78, 5) is 0. The Kier molecular flexibility index (Phi) is 4.12. The lowest BCUT2D eigenvalue weighted by atomic mass is 10.2. The molecule has 1 aromatic rings. The van der Waals surface area contributed by atoms with E-state index in [1.54, 1.807) is 6.92 Å². The maximum Gasteiger partial charge on any atom is 0.411 e. The van der Waals surface area contributed by atoms with Crippen molar-refractivity contribution in [2.24, 2.45) is 0 Å². The molecule has 0 unspecified atom stereocenters. The minimum Gasteiger partial charge on any atom is -0.467 e. The minimum atomic E-state index is -4.39. The van der Waals surface area contributed by atoms with Crippen molar-refractivity contribution in [3.05, 3.63) is 29.6 Å². The molecule has 0 heterocycles. The Balaban J connectivity index is 2.40. The molecule has 1 rings (SSSR count). The predicted molar refractivity (Wildman–Crippen MR) is 48.6 cm³/mol. The first-order chi connectivity index (χ1) is 7.38. The number of hydrogen-bond donors (Lipinski definition) is 0. The number of benzene rings is 1. The van der Waals surface area contributed by atoms with Crippen molar-refractivity contribution in [3.8, 4) is 5.75 Å². The highest BCUT2D eigenvalue weighted by molar-refractivity contribution is 5.32. The van der Waals surface area contributed by atoms with Crippen molar-refractivity contribution >= 4 is 0 Å². The third-order valence-corrected chi connectivity index (χ3v) is 1.71. The van der Waals surface area contributed by atoms with Gasteiger partial charge in [-0.05, 0) is 18.6 Å². The van der Waals surface area contributed by atoms with Gasteiger partial charge in [0.1, 0.15) is 18.2 Å². The second-order valence-electron chi connectivity index (χ2n) is 3.14. The standard InChI is InChI=1S/C10H10F4O2/c1-7-2-3-8(11)4-9(7)16-6-15-5-10(12,13)14/h2-4H,5-6H2,1H3. The summed E-state index contributed by atoms with van der Waals surface area (Å²) in [5.41, 5.74) is 0.622. The van der Waals surface area contributed by atoms with E-state index in [-0.39, 0.29) is 5.75 Å². The number of aryl methyl sites for hydroxylation is 1. The van der Waals surface area contributed by atoms with E-state index < -0.39 is 25.4 Å². The molecule has 0 radical (unpaired) electrons. The van der Waals surface area contributed by atoms with Gasteiger partial charge in [-0.15, -0.1) is 0 Å². The SMILES string of the molecule is Cc1ccc(F)cc1OCOCC(F)(F)F. The van der Waals surface area contributed by atoms with Crippen LogP contribution in [-0.4, -0.2) is 19.6 Å². The van der Waals surface area contributed by atoms with Gasteiger partial charge in [-0.1, -0.05) is 6.07 Å². The van der Waals surface area contributed by atoms with E-state index in [0.29, 0.717) is 5.56 Å². The zero-order valence-corrected chi connectivity index (χ0v) is 8.47. The topological polar surface area (TPSA) is 18.5 Å². The zero-order chi connectivity index (χ0) is 12.2. The molecule has 0 N–H and O–H groups in total. The van der Waals surface area contributed by atoms with Crippen LogP contribution in [-0.2, 0) is 4.74 Å². The molecule has 0 fully saturated rings. The molecule has 16 heavy (non-hydrogen) atoms. The molecule has 0 saturated carbocycles. The molecule has 90 valence electrons. The Bertz CT molecular complexity index is 349. The van der Waals surface area contributed by atoms with E-state index >= 15 is 0 Å². The van der Waals surface area contributed by atoms with Gasteiger partial charge >= 0.3 is 6.18 Å². The van der Waals surface area contributed by atoms with Gasteiger partial charge in [0.25, 0.3) is 0 Å². The molecule has 6 heteroatoms. The van der Waals surface area contributed by atoms with Crippen LogP contribution in [0.1, 0.15) is 5.56 Å². The summed E-state index contributed by atoms with van der Waals surface area (Å²) in [6, 6.07) is 3.79. The quantitative estimate of drug-likeness (QED) is 0.456. The number of hydrogen-bond acceptors (Lipinski definition) is 2. The second kappa shape index (κ2) is 5.16. The lowest BCUT2D eigenvalue weighted by Crippen LogP contribution is -2.19. The first-order valence-electron chi connectivity index (χ1n) is 4.42. The van der Waals surface area contributed by atoms with Crippen molar-refractivity contribution in [1.82, 2.24) is 0 Å². The average molecular weight is 238 g/mol. The number of rotatable bonds is 4. The molecular formula is C10H10F4O2. The molecule has 0 aliphatic rings. The molecular weight excluding hydrogens is 228 g/mol. The Morgan fingerprint density at radius 2 is 1.94 bits per heavy atom. The van der Waals surface area contributed by atoms with Gasteiger partial charge in [-0.2, -0.15) is 13.2 Å². The van der Waals surface area contributed by atoms with E-state index in [4.69, 9.17) is 4.74 Å². The lowest BCUT2D eigenvalue weighted by molar-refractivity contribution is -0.186. The normalized spacial score (nSPS) is 11.6. The van der Waals surface area contributed by atoms with Crippen LogP contribution in [0.3, 0.4) is 0 Å². The lowest BCUT2D eigenvalue weighted by Gasteiger charge is -2.10. The summed E-state index contributed by atoms with van der Waals surface area (Å²) in [6.07, 6.45) is -4.39. The molecule has 1 aromatic carbocycles. The maximum atomic E-state index is 12.7. The van der Waals surface area contributed by atoms with E-state index in [1.807, 2.05) is 0 Å². The van der Waals surface area contributed by atoms with Crippen LogP contribution in [0.5, 0.6) is 5.75 Å². The molecule has 0 saturated heterocycles. The Morgan fingerprint density at radius 1 is 1.25 bits per heavy atom. The van der Waals surface area contributed by atoms with E-state index in [1.165, 1.54) is 12.1 Å². The average Bonchev–Trinajstić information content (AvgIpc) is 2.16. The van der Waals surface area contributed by atoms with Gasteiger partial charge < -0.3 is 9.47 Å². The highest BCUT2D eigenvalue weighted by Crippen LogP contribution is 2.19. The van der Waals surface area contributed by atoms with Gasteiger partial charge in [0.15, 0.2) is 6.79 Å². The predicted octanol–water partition coefficient (Wildman–Crippen LogP) is 3.05. The maximum absolute atomic E-state index is 12.7. The fraction of sp³-hybridized carbons (Fsp3) is 0.400. The summed E-state index contributed by atoms with van der Waals surface area (Å²) in [5.74, 6) is -0.349. The van der Waals surface area contributed by atoms with E-state index in [0.717, 1.165) is 6.07 Å². The van der Waals surface area contributed by atoms with Crippen molar-refractivity contribution in [2.75, 3.05) is 13.4 Å². The Hall–Kier alpha value is -1.30. The van der Waals surface area contributed by atoms with Crippen LogP contribution in [0, 0.1) is 12.7 Å². The van der Waals surface area contributed by atoms with Gasteiger partial charge in [-0.3, -0.25) is 0 Å². The summed E-state index contributed by atoms with van der Waals surface area (Å²) in [6.45, 7) is -0.302. The molecule has 0 atom stereocenters. The third kappa shape index (κ3) is 4.48. The number of ether oxygens (including phenoxy) is 2. The smallest absolute Gasteiger partial charge is 0.411 e. The van der Waals surface area contributed by atoms with Gasteiger partial charge in [0.2, 0.25) is 0 Å². The highest BCUT2D eigenvalue weighted by Gasteiger charge is 2.27. The van der Waals surface area contributed by atoms with Crippen molar-refractivity contribution in [1.29, 1.82) is 0 Å². The Morgan fingerprint density at radius 3 is 2.56 bits per heavy atom. The number of alkyl halides is 3. The third-order valence-electron chi connectivity index (χ3n) is 1.71. The van der Waals surface area contributed by atoms with Crippen molar-refractivity contribution in [3.63, 3.8) is 0 Å². The second-order valence-corrected chi connectivity index (χ2v) is 3.14. The van der Waals surface area contributed by atoms with Crippen molar-refractivity contribution < 1.29 is 27.0 Å². The molecule has 0 aliphatic carbocycles. The van der Waals surface area contributed by atoms with Crippen molar-refractivity contribution in [2.45, 2.75) is 13.1 Å². The van der Waals surface area contributed by atoms with Crippen LogP contribution < -0.4 is 4.74 Å². The summed E-state index contributed by atoms with van der Waals surface area (Å²) in [7, 11) is 0. The largest absolute Gasteiger partial charge is 0.467 e. The van der Waals surface area contributed by atoms with Crippen LogP contribution >= 0.6 is 0 Å². The summed E-state index contributed by atoms with van der Waals surface area (Å²) >= 11 is 0. The first-order valence-corrected chi connectivity index (χ1v) is 4.42. The van der Waals surface area contributed by atoms with Crippen LogP contribution in [0.2, 0.25) is 0 Å². The molecule has 2 nitrogen and oxygen atoms in total. The minimum absolute atomic E-state index is 0.169. The summed E-state index contributed by atoms with van der Waals surface area (Å²) < 4.78 is 56.9. The molecule has 0 spiro atoms. The van der Waals surface area contributed by atoms with Crippen LogP contribution in [0.25, 0.3) is 0 Å². The molecule has 0 aromatic heterocycles. The molecule has 0 aliphatic heterocycles. The highest BCUT2D eigenvalue weighted by atomic mass is 19.4. The van der Waals surface area contributed by atoms with Gasteiger partial charge in [0.05, 0.1) is 0 Å². The zero-order valence-electron chi connectivity index (χ0n) is 8.47. The fourth-order valence-corrected chi connectivity index (χ4v) is 0.992. The van der Waals surface area contributed by atoms with Crippen LogP contribution in [0.4, 0.5) is 17.6 Å².